The van der Waals surface area contributed by atoms with Crippen LogP contribution < -0.4 is 5.32 Å². The molecule has 1 saturated heterocycles. The predicted octanol–water partition coefficient (Wildman–Crippen LogP) is 1.08. The van der Waals surface area contributed by atoms with E-state index in [-0.39, 0.29) is 18.1 Å². The summed E-state index contributed by atoms with van der Waals surface area (Å²) in [5, 5.41) is 3.37. The summed E-state index contributed by atoms with van der Waals surface area (Å²) < 4.78 is 5.07. The van der Waals surface area contributed by atoms with E-state index in [4.69, 9.17) is 4.74 Å². The van der Waals surface area contributed by atoms with Crippen LogP contribution in [0.15, 0.2) is 30.3 Å². The third-order valence-electron chi connectivity index (χ3n) is 3.94. The topological polar surface area (TPSA) is 44.8 Å². The Bertz CT molecular complexity index is 452. The van der Waals surface area contributed by atoms with Gasteiger partial charge in [-0.3, -0.25) is 10.1 Å². The Morgan fingerprint density at radius 1 is 1.29 bits per heavy atom. The minimum absolute atomic E-state index is 0.0681. The summed E-state index contributed by atoms with van der Waals surface area (Å²) in [5.41, 5.74) is 1.03. The number of hydrogen-bond donors (Lipinski definition) is 1. The van der Waals surface area contributed by atoms with E-state index in [1.54, 1.807) is 7.11 Å². The molecular formula is C16H25N3O2. The lowest BCUT2D eigenvalue weighted by Crippen LogP contribution is -2.40. The fourth-order valence-electron chi connectivity index (χ4n) is 2.58. The van der Waals surface area contributed by atoms with Crippen molar-refractivity contribution in [1.82, 2.24) is 15.1 Å². The zero-order valence-corrected chi connectivity index (χ0v) is 13.1. The van der Waals surface area contributed by atoms with Crippen LogP contribution in [-0.4, -0.2) is 62.3 Å². The summed E-state index contributed by atoms with van der Waals surface area (Å²) in [6, 6.07) is 9.68. The molecule has 1 N–H and O–H groups in total. The number of hydrogen-bond acceptors (Lipinski definition) is 4. The van der Waals surface area contributed by atoms with Gasteiger partial charge in [0.25, 0.3) is 0 Å². The third kappa shape index (κ3) is 4.03. The van der Waals surface area contributed by atoms with Gasteiger partial charge < -0.3 is 14.5 Å². The number of carbonyl (C=O) groups excluding carboxylic acids is 1. The number of rotatable bonds is 7. The molecule has 5 nitrogen and oxygen atoms in total. The van der Waals surface area contributed by atoms with Crippen LogP contribution in [0.4, 0.5) is 0 Å². The molecular weight excluding hydrogens is 266 g/mol. The SMILES string of the molecule is COCCN(C)CCN1C(=O)C(c2ccccc2)NC1C. The predicted molar refractivity (Wildman–Crippen MR) is 82.9 cm³/mol. The van der Waals surface area contributed by atoms with Crippen molar-refractivity contribution in [1.29, 1.82) is 0 Å². The highest BCUT2D eigenvalue weighted by atomic mass is 16.5. The number of benzene rings is 1. The van der Waals surface area contributed by atoms with Crippen LogP contribution in [0.3, 0.4) is 0 Å². The molecule has 1 heterocycles. The normalized spacial score (nSPS) is 22.3. The maximum absolute atomic E-state index is 12.6. The first-order valence-corrected chi connectivity index (χ1v) is 7.42. The van der Waals surface area contributed by atoms with Gasteiger partial charge in [0, 0.05) is 26.7 Å². The molecule has 1 aromatic carbocycles. The van der Waals surface area contributed by atoms with Gasteiger partial charge in [0.2, 0.25) is 5.91 Å². The second-order valence-corrected chi connectivity index (χ2v) is 5.51. The van der Waals surface area contributed by atoms with Crippen molar-refractivity contribution in [2.45, 2.75) is 19.1 Å². The lowest BCUT2D eigenvalue weighted by atomic mass is 10.1. The van der Waals surface area contributed by atoms with Crippen molar-refractivity contribution in [2.75, 3.05) is 40.4 Å². The smallest absolute Gasteiger partial charge is 0.245 e. The molecule has 0 spiro atoms. The minimum Gasteiger partial charge on any atom is -0.383 e. The molecule has 1 aliphatic heterocycles. The van der Waals surface area contributed by atoms with Crippen LogP contribution in [0.2, 0.25) is 0 Å². The summed E-state index contributed by atoms with van der Waals surface area (Å²) in [7, 11) is 3.75. The van der Waals surface area contributed by atoms with Crippen LogP contribution in [0.5, 0.6) is 0 Å². The van der Waals surface area contributed by atoms with Gasteiger partial charge in [-0.1, -0.05) is 30.3 Å². The Balaban J connectivity index is 1.91. The van der Waals surface area contributed by atoms with Crippen LogP contribution in [0.1, 0.15) is 18.5 Å². The van der Waals surface area contributed by atoms with E-state index in [0.29, 0.717) is 6.61 Å². The molecule has 1 fully saturated rings. The van der Waals surface area contributed by atoms with Gasteiger partial charge in [-0.15, -0.1) is 0 Å². The Morgan fingerprint density at radius 2 is 2.00 bits per heavy atom. The highest BCUT2D eigenvalue weighted by Crippen LogP contribution is 2.23. The number of amides is 1. The zero-order valence-electron chi connectivity index (χ0n) is 13.1. The summed E-state index contributed by atoms with van der Waals surface area (Å²) in [5.74, 6) is 0.161. The van der Waals surface area contributed by atoms with E-state index in [1.807, 2.05) is 49.2 Å². The first kappa shape index (κ1) is 15.9. The highest BCUT2D eigenvalue weighted by Gasteiger charge is 2.36. The quantitative estimate of drug-likeness (QED) is 0.816. The number of nitrogens with one attached hydrogen (secondary N) is 1. The number of nitrogens with zero attached hydrogens (tertiary/aromatic N) is 2. The summed E-state index contributed by atoms with van der Waals surface area (Å²) in [6.45, 7) is 5.21. The maximum Gasteiger partial charge on any atom is 0.245 e. The Kier molecular flexibility index (Phi) is 5.73. The van der Waals surface area contributed by atoms with Crippen LogP contribution in [-0.2, 0) is 9.53 Å². The first-order chi connectivity index (χ1) is 10.1. The van der Waals surface area contributed by atoms with Gasteiger partial charge in [0.05, 0.1) is 12.8 Å². The van der Waals surface area contributed by atoms with Crippen molar-refractivity contribution in [2.24, 2.45) is 0 Å². The van der Waals surface area contributed by atoms with Crippen molar-refractivity contribution in [3.8, 4) is 0 Å². The molecule has 1 aliphatic rings. The molecule has 0 radical (unpaired) electrons. The van der Waals surface area contributed by atoms with Crippen molar-refractivity contribution < 1.29 is 9.53 Å². The molecule has 1 amide bonds. The Hall–Kier alpha value is -1.43. The van der Waals surface area contributed by atoms with Crippen LogP contribution in [0, 0.1) is 0 Å². The second kappa shape index (κ2) is 7.54. The standard InChI is InChI=1S/C16H25N3O2/c1-13-17-15(14-7-5-4-6-8-14)16(20)19(13)10-9-18(2)11-12-21-3/h4-8,13,15,17H,9-12H2,1-3H3. The third-order valence-corrected chi connectivity index (χ3v) is 3.94. The Morgan fingerprint density at radius 3 is 2.67 bits per heavy atom. The average molecular weight is 291 g/mol. The van der Waals surface area contributed by atoms with E-state index in [1.165, 1.54) is 0 Å². The molecule has 0 aliphatic carbocycles. The number of likely N-dealkylation sites (N-methyl/N-ethyl adjacent to an activating group) is 1. The number of carbonyl (C=O) groups is 1. The molecule has 0 bridgehead atoms. The number of ether oxygens (including phenoxy) is 1. The van der Waals surface area contributed by atoms with E-state index in [9.17, 15) is 4.79 Å². The summed E-state index contributed by atoms with van der Waals surface area (Å²) in [4.78, 5) is 16.7. The van der Waals surface area contributed by atoms with Crippen LogP contribution >= 0.6 is 0 Å². The molecule has 21 heavy (non-hydrogen) atoms. The lowest BCUT2D eigenvalue weighted by molar-refractivity contribution is -0.130. The minimum atomic E-state index is -0.217. The van der Waals surface area contributed by atoms with Crippen molar-refractivity contribution in [3.05, 3.63) is 35.9 Å². The van der Waals surface area contributed by atoms with E-state index >= 15 is 0 Å². The molecule has 0 aromatic heterocycles. The monoisotopic (exact) mass is 291 g/mol. The van der Waals surface area contributed by atoms with Gasteiger partial charge in [0.15, 0.2) is 0 Å². The Labute approximate surface area is 126 Å². The summed E-state index contributed by atoms with van der Waals surface area (Å²) >= 11 is 0. The molecule has 1 aromatic rings. The fraction of sp³-hybridized carbons (Fsp3) is 0.562. The number of methoxy groups -OCH3 is 1. The first-order valence-electron chi connectivity index (χ1n) is 7.42. The van der Waals surface area contributed by atoms with Gasteiger partial charge >= 0.3 is 0 Å². The van der Waals surface area contributed by atoms with Crippen molar-refractivity contribution in [3.63, 3.8) is 0 Å². The van der Waals surface area contributed by atoms with Crippen molar-refractivity contribution >= 4 is 5.91 Å². The van der Waals surface area contributed by atoms with Gasteiger partial charge in [0.1, 0.15) is 6.04 Å². The lowest BCUT2D eigenvalue weighted by Gasteiger charge is -2.24. The van der Waals surface area contributed by atoms with Gasteiger partial charge in [-0.25, -0.2) is 0 Å². The molecule has 116 valence electrons. The molecule has 2 rings (SSSR count). The largest absolute Gasteiger partial charge is 0.383 e. The molecule has 0 saturated carbocycles. The van der Waals surface area contributed by atoms with Gasteiger partial charge in [-0.2, -0.15) is 0 Å². The second-order valence-electron chi connectivity index (χ2n) is 5.51. The molecule has 2 atom stereocenters. The van der Waals surface area contributed by atoms with E-state index in [2.05, 4.69) is 10.2 Å². The van der Waals surface area contributed by atoms with Gasteiger partial charge in [-0.05, 0) is 19.5 Å². The average Bonchev–Trinajstić information content (AvgIpc) is 2.79. The fourth-order valence-corrected chi connectivity index (χ4v) is 2.58. The zero-order chi connectivity index (χ0) is 15.2. The highest BCUT2D eigenvalue weighted by molar-refractivity contribution is 5.85. The van der Waals surface area contributed by atoms with Crippen LogP contribution in [0.25, 0.3) is 0 Å². The summed E-state index contributed by atoms with van der Waals surface area (Å²) in [6.07, 6.45) is 0.0681. The maximum atomic E-state index is 12.6. The molecule has 2 unspecified atom stereocenters. The van der Waals surface area contributed by atoms with E-state index < -0.39 is 0 Å². The molecule has 5 heteroatoms. The van der Waals surface area contributed by atoms with E-state index in [0.717, 1.165) is 25.2 Å².